The minimum absolute atomic E-state index is 0.0298. The zero-order chi connectivity index (χ0) is 29.1. The first-order valence-corrected chi connectivity index (χ1v) is 13.7. The third-order valence-electron chi connectivity index (χ3n) is 5.95. The fourth-order valence-electron chi connectivity index (χ4n) is 3.91. The molecule has 1 heterocycles. The van der Waals surface area contributed by atoms with Crippen LogP contribution in [0.5, 0.6) is 5.75 Å². The highest BCUT2D eigenvalue weighted by atomic mass is 32.2. The molecule has 3 N–H and O–H groups in total. The number of methoxy groups -OCH3 is 1. The number of nitrogens with one attached hydrogen (secondary N) is 2. The van der Waals surface area contributed by atoms with E-state index in [2.05, 4.69) is 20.8 Å². The topological polar surface area (TPSA) is 161 Å². The summed E-state index contributed by atoms with van der Waals surface area (Å²) in [6.07, 6.45) is 0.590. The Bertz CT molecular complexity index is 1300. The maximum absolute atomic E-state index is 13.2. The second kappa shape index (κ2) is 14.8. The number of hydrogen-bond donors (Lipinski definition) is 3. The first-order chi connectivity index (χ1) is 19.2. The predicted molar refractivity (Wildman–Crippen MR) is 149 cm³/mol. The van der Waals surface area contributed by atoms with Crippen LogP contribution >= 0.6 is 11.8 Å². The monoisotopic (exact) mass is 568 g/mol. The highest BCUT2D eigenvalue weighted by Crippen LogP contribution is 2.26. The van der Waals surface area contributed by atoms with Crippen molar-refractivity contribution >= 4 is 35.3 Å². The lowest BCUT2D eigenvalue weighted by Crippen LogP contribution is -2.54. The number of ether oxygens (including phenoxy) is 1. The minimum atomic E-state index is -1.22. The summed E-state index contributed by atoms with van der Waals surface area (Å²) in [5.74, 6) is -1.73. The Morgan fingerprint density at radius 3 is 2.45 bits per heavy atom. The highest BCUT2D eigenvalue weighted by molar-refractivity contribution is 7.99. The van der Waals surface area contributed by atoms with Crippen molar-refractivity contribution in [3.63, 3.8) is 0 Å². The van der Waals surface area contributed by atoms with E-state index < -0.39 is 42.1 Å². The molecular formula is C28H32N4O7S. The Morgan fingerprint density at radius 2 is 1.82 bits per heavy atom. The second-order valence-corrected chi connectivity index (χ2v) is 10.3. The summed E-state index contributed by atoms with van der Waals surface area (Å²) in [5, 5.41) is 18.2. The van der Waals surface area contributed by atoms with E-state index in [1.807, 2.05) is 30.3 Å². The Morgan fingerprint density at radius 1 is 1.07 bits per heavy atom. The molecule has 11 nitrogen and oxygen atoms in total. The molecule has 0 aliphatic carbocycles. The summed E-state index contributed by atoms with van der Waals surface area (Å²) in [4.78, 5) is 54.5. The van der Waals surface area contributed by atoms with E-state index in [0.29, 0.717) is 22.6 Å². The number of Topliss-reactive ketones (excluding diaryl/α,β-unsaturated/α-hetero) is 1. The molecule has 2 amide bonds. The molecule has 40 heavy (non-hydrogen) atoms. The molecule has 2 atom stereocenters. The van der Waals surface area contributed by atoms with Gasteiger partial charge in [0.05, 0.1) is 31.7 Å². The summed E-state index contributed by atoms with van der Waals surface area (Å²) in [5.41, 5.74) is 2.16. The van der Waals surface area contributed by atoms with Gasteiger partial charge in [-0.15, -0.1) is 11.8 Å². The van der Waals surface area contributed by atoms with Gasteiger partial charge in [-0.3, -0.25) is 19.2 Å². The third-order valence-corrected chi connectivity index (χ3v) is 6.97. The fourth-order valence-corrected chi connectivity index (χ4v) is 4.84. The number of hydrogen-bond acceptors (Lipinski definition) is 9. The Balaban J connectivity index is 1.65. The maximum Gasteiger partial charge on any atom is 0.305 e. The summed E-state index contributed by atoms with van der Waals surface area (Å²) in [6, 6.07) is 12.4. The molecule has 2 aromatic carbocycles. The Hall–Kier alpha value is -4.19. The molecular weight excluding hydrogens is 536 g/mol. The molecule has 0 aliphatic rings. The summed E-state index contributed by atoms with van der Waals surface area (Å²) >= 11 is 1.34. The van der Waals surface area contributed by atoms with E-state index in [4.69, 9.17) is 9.26 Å². The van der Waals surface area contributed by atoms with Crippen molar-refractivity contribution in [3.8, 4) is 17.2 Å². The zero-order valence-corrected chi connectivity index (χ0v) is 23.3. The number of amides is 2. The van der Waals surface area contributed by atoms with Crippen LogP contribution in [0.15, 0.2) is 59.4 Å². The van der Waals surface area contributed by atoms with Crippen molar-refractivity contribution in [1.82, 2.24) is 20.8 Å². The quantitative estimate of drug-likeness (QED) is 0.249. The van der Waals surface area contributed by atoms with Crippen molar-refractivity contribution in [2.75, 3.05) is 12.9 Å². The number of thioether (sulfide) groups is 1. The average Bonchev–Trinajstić information content (AvgIpc) is 3.46. The normalized spacial score (nSPS) is 12.4. The van der Waals surface area contributed by atoms with Gasteiger partial charge in [-0.2, -0.15) is 4.98 Å². The summed E-state index contributed by atoms with van der Waals surface area (Å²) < 4.78 is 10.5. The van der Waals surface area contributed by atoms with Crippen molar-refractivity contribution in [2.24, 2.45) is 5.92 Å². The van der Waals surface area contributed by atoms with Crippen LogP contribution in [0.25, 0.3) is 11.5 Å². The number of benzene rings is 2. The van der Waals surface area contributed by atoms with Gasteiger partial charge in [-0.1, -0.05) is 49.3 Å². The number of carboxylic acids is 1. The summed E-state index contributed by atoms with van der Waals surface area (Å²) in [7, 11) is 1.48. The van der Waals surface area contributed by atoms with E-state index in [9.17, 15) is 24.3 Å². The number of rotatable bonds is 15. The van der Waals surface area contributed by atoms with Crippen molar-refractivity contribution in [2.45, 2.75) is 44.5 Å². The molecule has 0 saturated heterocycles. The van der Waals surface area contributed by atoms with Crippen LogP contribution in [0.1, 0.15) is 31.4 Å². The van der Waals surface area contributed by atoms with E-state index >= 15 is 0 Å². The molecule has 3 rings (SSSR count). The molecule has 0 spiro atoms. The molecule has 0 bridgehead atoms. The van der Waals surface area contributed by atoms with Crippen molar-refractivity contribution in [1.29, 1.82) is 0 Å². The van der Waals surface area contributed by atoms with Gasteiger partial charge in [-0.05, 0) is 29.7 Å². The average molecular weight is 569 g/mol. The van der Waals surface area contributed by atoms with Gasteiger partial charge in [0.15, 0.2) is 12.1 Å². The smallest absolute Gasteiger partial charge is 0.305 e. The number of ketones is 1. The number of aromatic nitrogens is 2. The molecule has 3 aromatic rings. The fraction of sp³-hybridized carbons (Fsp3) is 0.357. The third kappa shape index (κ3) is 8.94. The molecule has 0 aliphatic heterocycles. The van der Waals surface area contributed by atoms with E-state index in [0.717, 1.165) is 5.56 Å². The number of aliphatic carboxylic acids is 1. The molecule has 0 fully saturated rings. The Kier molecular flexibility index (Phi) is 11.2. The SMILES string of the molecule is COc1ccc(-c2ncno2)cc1CC(=O)N[C@H](C(=O)N[C@@H](CC(=O)O)C(=O)CSCc1ccccc1)C(C)C. The van der Waals surface area contributed by atoms with E-state index in [-0.39, 0.29) is 24.0 Å². The van der Waals surface area contributed by atoms with Gasteiger partial charge in [-0.25, -0.2) is 0 Å². The maximum atomic E-state index is 13.2. The van der Waals surface area contributed by atoms with Gasteiger partial charge in [0.2, 0.25) is 11.8 Å². The van der Waals surface area contributed by atoms with Crippen molar-refractivity contribution in [3.05, 3.63) is 66.0 Å². The van der Waals surface area contributed by atoms with Gasteiger partial charge < -0.3 is 25.0 Å². The van der Waals surface area contributed by atoms with Crippen LogP contribution in [0, 0.1) is 5.92 Å². The lowest BCUT2D eigenvalue weighted by Gasteiger charge is -2.25. The van der Waals surface area contributed by atoms with Crippen LogP contribution in [-0.4, -0.2) is 63.8 Å². The number of nitrogens with zero attached hydrogens (tertiary/aromatic N) is 2. The molecule has 0 unspecified atom stereocenters. The largest absolute Gasteiger partial charge is 0.496 e. The van der Waals surface area contributed by atoms with Crippen LogP contribution in [0.4, 0.5) is 0 Å². The van der Waals surface area contributed by atoms with Gasteiger partial charge in [0.1, 0.15) is 11.8 Å². The molecule has 212 valence electrons. The molecule has 1 aromatic heterocycles. The van der Waals surface area contributed by atoms with E-state index in [1.165, 1.54) is 25.2 Å². The zero-order valence-electron chi connectivity index (χ0n) is 22.5. The lowest BCUT2D eigenvalue weighted by atomic mass is 10.0. The predicted octanol–water partition coefficient (Wildman–Crippen LogP) is 2.89. The van der Waals surface area contributed by atoms with Gasteiger partial charge >= 0.3 is 5.97 Å². The van der Waals surface area contributed by atoms with Crippen LogP contribution in [0.2, 0.25) is 0 Å². The van der Waals surface area contributed by atoms with Crippen LogP contribution < -0.4 is 15.4 Å². The standard InChI is InChI=1S/C28H32N4O7S/c1-17(2)26(32-24(34)12-20-11-19(9-10-23(20)38-3)28-29-16-30-39-28)27(37)31-21(13-25(35)36)22(33)15-40-14-18-7-5-4-6-8-18/h4-11,16-17,21,26H,12-15H2,1-3H3,(H,31,37)(H,32,34)(H,35,36)/t21-,26-/m0/s1. The molecule has 0 radical (unpaired) electrons. The summed E-state index contributed by atoms with van der Waals surface area (Å²) in [6.45, 7) is 3.48. The lowest BCUT2D eigenvalue weighted by molar-refractivity contribution is -0.140. The highest BCUT2D eigenvalue weighted by Gasteiger charge is 2.30. The number of carboxylic acid groups (broad SMARTS) is 1. The molecule has 12 heteroatoms. The second-order valence-electron chi connectivity index (χ2n) is 9.34. The van der Waals surface area contributed by atoms with Gasteiger partial charge in [0.25, 0.3) is 5.89 Å². The minimum Gasteiger partial charge on any atom is -0.496 e. The molecule has 0 saturated carbocycles. The van der Waals surface area contributed by atoms with Crippen LogP contribution in [-0.2, 0) is 31.4 Å². The van der Waals surface area contributed by atoms with Crippen molar-refractivity contribution < 1.29 is 33.5 Å². The van der Waals surface area contributed by atoms with E-state index in [1.54, 1.807) is 32.0 Å². The van der Waals surface area contributed by atoms with Crippen LogP contribution in [0.3, 0.4) is 0 Å². The first-order valence-electron chi connectivity index (χ1n) is 12.6. The Labute approximate surface area is 236 Å². The number of carbonyl (C=O) groups is 4. The first kappa shape index (κ1) is 30.4. The number of carbonyl (C=O) groups excluding carboxylic acids is 3. The van der Waals surface area contributed by atoms with Gasteiger partial charge in [0, 0.05) is 16.9 Å².